The maximum Gasteiger partial charge on any atom is 0.253 e. The van der Waals surface area contributed by atoms with Crippen LogP contribution in [0.1, 0.15) is 24.3 Å². The number of hydrogen-bond acceptors (Lipinski definition) is 2. The number of nitrogens with zero attached hydrogens (tertiary/aromatic N) is 1. The summed E-state index contributed by atoms with van der Waals surface area (Å²) in [5.74, 6) is 0.607. The molecule has 1 aliphatic heterocycles. The molecule has 0 N–H and O–H groups in total. The molecule has 0 spiro atoms. The van der Waals surface area contributed by atoms with Crippen molar-refractivity contribution in [2.24, 2.45) is 0 Å². The lowest BCUT2D eigenvalue weighted by molar-refractivity contribution is -0.138. The minimum Gasteiger partial charge on any atom is -0.465 e. The van der Waals surface area contributed by atoms with Gasteiger partial charge in [0.2, 0.25) is 6.23 Å². The van der Waals surface area contributed by atoms with Gasteiger partial charge < -0.3 is 4.74 Å². The predicted molar refractivity (Wildman–Crippen MR) is 82.1 cm³/mol. The zero-order valence-corrected chi connectivity index (χ0v) is 11.9. The van der Waals surface area contributed by atoms with Crippen molar-refractivity contribution < 1.29 is 9.53 Å². The summed E-state index contributed by atoms with van der Waals surface area (Å²) in [6, 6.07) is 19.5. The molecule has 0 saturated heterocycles. The number of amides is 1. The van der Waals surface area contributed by atoms with Gasteiger partial charge >= 0.3 is 0 Å². The lowest BCUT2D eigenvalue weighted by atomic mass is 10.1. The first-order chi connectivity index (χ1) is 10.3. The number of ether oxygens (including phenoxy) is 1. The largest absolute Gasteiger partial charge is 0.465 e. The Kier molecular flexibility index (Phi) is 3.73. The second-order valence-electron chi connectivity index (χ2n) is 4.88. The molecule has 1 atom stereocenters. The van der Waals surface area contributed by atoms with E-state index in [1.54, 1.807) is 11.0 Å². The molecule has 106 valence electrons. The zero-order valence-electron chi connectivity index (χ0n) is 11.9. The van der Waals surface area contributed by atoms with E-state index in [1.165, 1.54) is 0 Å². The average molecular weight is 279 g/mol. The van der Waals surface area contributed by atoms with Gasteiger partial charge in [0.1, 0.15) is 5.76 Å². The van der Waals surface area contributed by atoms with Gasteiger partial charge in [-0.1, -0.05) is 60.7 Å². The van der Waals surface area contributed by atoms with Crippen LogP contribution < -0.4 is 0 Å². The molecule has 1 unspecified atom stereocenters. The minimum atomic E-state index is -0.371. The average Bonchev–Trinajstić information content (AvgIpc) is 2.55. The van der Waals surface area contributed by atoms with Gasteiger partial charge in [-0.2, -0.15) is 0 Å². The van der Waals surface area contributed by atoms with Gasteiger partial charge in [0, 0.05) is 23.7 Å². The second kappa shape index (κ2) is 5.83. The smallest absolute Gasteiger partial charge is 0.253 e. The zero-order chi connectivity index (χ0) is 14.7. The lowest BCUT2D eigenvalue weighted by Gasteiger charge is -2.35. The van der Waals surface area contributed by atoms with Crippen molar-refractivity contribution in [2.75, 3.05) is 6.54 Å². The van der Waals surface area contributed by atoms with Crippen molar-refractivity contribution in [3.63, 3.8) is 0 Å². The molecule has 0 fully saturated rings. The Hall–Kier alpha value is -2.55. The summed E-state index contributed by atoms with van der Waals surface area (Å²) in [5.41, 5.74) is 1.90. The second-order valence-corrected chi connectivity index (χ2v) is 4.88. The maximum atomic E-state index is 12.4. The highest BCUT2D eigenvalue weighted by molar-refractivity contribution is 5.95. The van der Waals surface area contributed by atoms with Crippen molar-refractivity contribution in [3.8, 4) is 0 Å². The molecule has 0 aromatic heterocycles. The third-order valence-electron chi connectivity index (χ3n) is 3.54. The van der Waals surface area contributed by atoms with E-state index in [2.05, 4.69) is 0 Å². The molecule has 0 aliphatic carbocycles. The van der Waals surface area contributed by atoms with E-state index in [0.29, 0.717) is 12.3 Å². The van der Waals surface area contributed by atoms with Crippen molar-refractivity contribution in [3.05, 3.63) is 77.9 Å². The molecule has 3 heteroatoms. The molecule has 21 heavy (non-hydrogen) atoms. The van der Waals surface area contributed by atoms with Gasteiger partial charge in [-0.05, 0) is 6.92 Å². The first kappa shape index (κ1) is 13.4. The van der Waals surface area contributed by atoms with Crippen LogP contribution in [-0.4, -0.2) is 17.4 Å². The highest BCUT2D eigenvalue weighted by Gasteiger charge is 2.30. The minimum absolute atomic E-state index is 0.0172. The Morgan fingerprint density at radius 3 is 2.24 bits per heavy atom. The van der Waals surface area contributed by atoms with Gasteiger partial charge in [-0.3, -0.25) is 9.69 Å². The molecule has 2 aromatic carbocycles. The molecule has 1 aliphatic rings. The summed E-state index contributed by atoms with van der Waals surface area (Å²) in [6.45, 7) is 2.56. The first-order valence-corrected chi connectivity index (χ1v) is 7.09. The molecule has 0 radical (unpaired) electrons. The fourth-order valence-corrected chi connectivity index (χ4v) is 2.47. The first-order valence-electron chi connectivity index (χ1n) is 7.09. The van der Waals surface area contributed by atoms with E-state index in [1.807, 2.05) is 67.6 Å². The fourth-order valence-electron chi connectivity index (χ4n) is 2.47. The lowest BCUT2D eigenvalue weighted by Crippen LogP contribution is -2.38. The van der Waals surface area contributed by atoms with Crippen molar-refractivity contribution in [1.29, 1.82) is 0 Å². The quantitative estimate of drug-likeness (QED) is 0.859. The Morgan fingerprint density at radius 1 is 1.00 bits per heavy atom. The van der Waals surface area contributed by atoms with Gasteiger partial charge in [0.15, 0.2) is 0 Å². The topological polar surface area (TPSA) is 29.5 Å². The van der Waals surface area contributed by atoms with Crippen molar-refractivity contribution in [1.82, 2.24) is 4.90 Å². The Balaban J connectivity index is 1.98. The molecule has 0 saturated carbocycles. The third-order valence-corrected chi connectivity index (χ3v) is 3.54. The van der Waals surface area contributed by atoms with Crippen LogP contribution >= 0.6 is 0 Å². The number of hydrogen-bond donors (Lipinski definition) is 0. The van der Waals surface area contributed by atoms with E-state index in [-0.39, 0.29) is 12.1 Å². The van der Waals surface area contributed by atoms with E-state index in [0.717, 1.165) is 11.1 Å². The molecule has 1 heterocycles. The summed E-state index contributed by atoms with van der Waals surface area (Å²) in [7, 11) is 0. The summed E-state index contributed by atoms with van der Waals surface area (Å²) >= 11 is 0. The van der Waals surface area contributed by atoms with Gasteiger partial charge in [0.25, 0.3) is 5.91 Å². The van der Waals surface area contributed by atoms with Crippen molar-refractivity contribution >= 4 is 11.7 Å². The summed E-state index contributed by atoms with van der Waals surface area (Å²) in [5, 5.41) is 0. The van der Waals surface area contributed by atoms with Crippen LogP contribution in [0.4, 0.5) is 0 Å². The Bertz CT molecular complexity index is 649. The third kappa shape index (κ3) is 2.68. The Labute approximate surface area is 124 Å². The van der Waals surface area contributed by atoms with Crippen LogP contribution in [0, 0.1) is 0 Å². The maximum absolute atomic E-state index is 12.4. The molecular weight excluding hydrogens is 262 g/mol. The number of benzene rings is 2. The van der Waals surface area contributed by atoms with Gasteiger partial charge in [-0.25, -0.2) is 0 Å². The number of carbonyl (C=O) groups is 1. The SMILES string of the molecule is CCN1C(=O)C=C(c2ccccc2)OC1c1ccccc1. The van der Waals surface area contributed by atoms with Crippen LogP contribution in [0.25, 0.3) is 5.76 Å². The molecule has 3 rings (SSSR count). The summed E-state index contributed by atoms with van der Waals surface area (Å²) in [6.07, 6.45) is 1.20. The highest BCUT2D eigenvalue weighted by atomic mass is 16.5. The van der Waals surface area contributed by atoms with Crippen LogP contribution in [0.2, 0.25) is 0 Å². The van der Waals surface area contributed by atoms with E-state index in [9.17, 15) is 4.79 Å². The number of likely N-dealkylation sites (N-methyl/N-ethyl adjacent to an activating group) is 1. The summed E-state index contributed by atoms with van der Waals surface area (Å²) in [4.78, 5) is 14.1. The molecule has 2 aromatic rings. The van der Waals surface area contributed by atoms with Crippen LogP contribution in [0.5, 0.6) is 0 Å². The number of rotatable bonds is 3. The Morgan fingerprint density at radius 2 is 1.62 bits per heavy atom. The standard InChI is InChI=1S/C18H17NO2/c1-2-19-17(20)13-16(14-9-5-3-6-10-14)21-18(19)15-11-7-4-8-12-15/h3-13,18H,2H2,1H3. The van der Waals surface area contributed by atoms with Gasteiger partial charge in [-0.15, -0.1) is 0 Å². The number of carbonyl (C=O) groups excluding carboxylic acids is 1. The van der Waals surface area contributed by atoms with Gasteiger partial charge in [0.05, 0.1) is 0 Å². The summed E-state index contributed by atoms with van der Waals surface area (Å²) < 4.78 is 6.10. The molecule has 1 amide bonds. The predicted octanol–water partition coefficient (Wildman–Crippen LogP) is 3.61. The normalized spacial score (nSPS) is 18.1. The van der Waals surface area contributed by atoms with Crippen molar-refractivity contribution in [2.45, 2.75) is 13.2 Å². The molecule has 0 bridgehead atoms. The van der Waals surface area contributed by atoms with E-state index >= 15 is 0 Å². The van der Waals surface area contributed by atoms with E-state index < -0.39 is 0 Å². The van der Waals surface area contributed by atoms with Crippen LogP contribution in [0.3, 0.4) is 0 Å². The molecular formula is C18H17NO2. The molecule has 3 nitrogen and oxygen atoms in total. The van der Waals surface area contributed by atoms with E-state index in [4.69, 9.17) is 4.74 Å². The fraction of sp³-hybridized carbons (Fsp3) is 0.167. The van der Waals surface area contributed by atoms with Crippen LogP contribution in [-0.2, 0) is 9.53 Å². The van der Waals surface area contributed by atoms with Crippen LogP contribution in [0.15, 0.2) is 66.7 Å². The highest BCUT2D eigenvalue weighted by Crippen LogP contribution is 2.33. The monoisotopic (exact) mass is 279 g/mol.